The average molecular weight is 301 g/mol. The number of nitrogens with one attached hydrogen (secondary N) is 1. The number of nitriles is 1. The Bertz CT molecular complexity index is 627. The summed E-state index contributed by atoms with van der Waals surface area (Å²) in [5.74, 6) is 0. The van der Waals surface area contributed by atoms with E-state index in [-0.39, 0.29) is 0 Å². The van der Waals surface area contributed by atoms with Gasteiger partial charge in [0.05, 0.1) is 11.3 Å². The first-order valence-electron chi connectivity index (χ1n) is 5.64. The van der Waals surface area contributed by atoms with Crippen molar-refractivity contribution in [3.63, 3.8) is 0 Å². The lowest BCUT2D eigenvalue weighted by atomic mass is 10.1. The lowest BCUT2D eigenvalue weighted by molar-refractivity contribution is 1.37. The molecule has 1 N–H and O–H groups in total. The molecule has 2 nitrogen and oxygen atoms in total. The summed E-state index contributed by atoms with van der Waals surface area (Å²) >= 11 is 3.51. The average Bonchev–Trinajstić information content (AvgIpc) is 2.36. The maximum Gasteiger partial charge on any atom is 0.101 e. The fourth-order valence-electron chi connectivity index (χ4n) is 1.74. The molecule has 0 amide bonds. The molecule has 2 rings (SSSR count). The Hall–Kier alpha value is -1.79. The minimum absolute atomic E-state index is 0.659. The van der Waals surface area contributed by atoms with Crippen LogP contribution in [0, 0.1) is 25.2 Å². The van der Waals surface area contributed by atoms with Crippen molar-refractivity contribution < 1.29 is 0 Å². The van der Waals surface area contributed by atoms with Gasteiger partial charge in [0.25, 0.3) is 0 Å². The van der Waals surface area contributed by atoms with E-state index in [9.17, 15) is 0 Å². The highest BCUT2D eigenvalue weighted by Crippen LogP contribution is 2.27. The first kappa shape index (κ1) is 12.7. The molecular formula is C15H13BrN2. The van der Waals surface area contributed by atoms with Crippen LogP contribution in [0.25, 0.3) is 0 Å². The Morgan fingerprint density at radius 1 is 1.11 bits per heavy atom. The van der Waals surface area contributed by atoms with Crippen LogP contribution in [0.15, 0.2) is 40.9 Å². The number of nitrogens with zero attached hydrogens (tertiary/aromatic N) is 1. The molecule has 0 aliphatic rings. The zero-order chi connectivity index (χ0) is 13.1. The van der Waals surface area contributed by atoms with Crippen molar-refractivity contribution in [1.29, 1.82) is 5.26 Å². The Balaban J connectivity index is 2.40. The van der Waals surface area contributed by atoms with Gasteiger partial charge in [0.2, 0.25) is 0 Å². The van der Waals surface area contributed by atoms with Crippen LogP contribution in [-0.2, 0) is 0 Å². The monoisotopic (exact) mass is 300 g/mol. The second-order valence-corrected chi connectivity index (χ2v) is 5.05. The van der Waals surface area contributed by atoms with Crippen LogP contribution in [0.3, 0.4) is 0 Å². The molecule has 0 spiro atoms. The number of anilines is 2. The molecule has 90 valence electrons. The SMILES string of the molecule is Cc1ccc(Nc2c(C)cccc2C#N)cc1Br. The predicted octanol–water partition coefficient (Wildman–Crippen LogP) is 4.68. The number of halogens is 1. The molecular weight excluding hydrogens is 288 g/mol. The molecule has 0 aliphatic heterocycles. The quantitative estimate of drug-likeness (QED) is 0.874. The summed E-state index contributed by atoms with van der Waals surface area (Å²) in [6, 6.07) is 14.0. The summed E-state index contributed by atoms with van der Waals surface area (Å²) in [4.78, 5) is 0. The van der Waals surface area contributed by atoms with Gasteiger partial charge in [0, 0.05) is 10.2 Å². The molecule has 0 aliphatic carbocycles. The third kappa shape index (κ3) is 2.55. The van der Waals surface area contributed by atoms with E-state index in [2.05, 4.69) is 27.3 Å². The third-order valence-corrected chi connectivity index (χ3v) is 3.69. The van der Waals surface area contributed by atoms with Gasteiger partial charge in [-0.2, -0.15) is 5.26 Å². The second-order valence-electron chi connectivity index (χ2n) is 4.20. The lowest BCUT2D eigenvalue weighted by Crippen LogP contribution is -1.96. The summed E-state index contributed by atoms with van der Waals surface area (Å²) in [6.45, 7) is 4.04. The van der Waals surface area contributed by atoms with Gasteiger partial charge in [-0.15, -0.1) is 0 Å². The molecule has 0 aromatic heterocycles. The smallest absolute Gasteiger partial charge is 0.101 e. The Morgan fingerprint density at radius 2 is 1.89 bits per heavy atom. The molecule has 3 heteroatoms. The first-order chi connectivity index (χ1) is 8.61. The van der Waals surface area contributed by atoms with Crippen molar-refractivity contribution in [3.05, 3.63) is 57.6 Å². The van der Waals surface area contributed by atoms with Crippen LogP contribution < -0.4 is 5.32 Å². The first-order valence-corrected chi connectivity index (χ1v) is 6.44. The summed E-state index contributed by atoms with van der Waals surface area (Å²) in [6.07, 6.45) is 0. The van der Waals surface area contributed by atoms with Crippen LogP contribution in [0.2, 0.25) is 0 Å². The summed E-state index contributed by atoms with van der Waals surface area (Å²) in [7, 11) is 0. The van der Waals surface area contributed by atoms with Crippen LogP contribution in [-0.4, -0.2) is 0 Å². The summed E-state index contributed by atoms with van der Waals surface area (Å²) in [5, 5.41) is 12.4. The van der Waals surface area contributed by atoms with Gasteiger partial charge < -0.3 is 5.32 Å². The lowest BCUT2D eigenvalue weighted by Gasteiger charge is -2.12. The molecule has 0 bridgehead atoms. The Morgan fingerprint density at radius 3 is 2.56 bits per heavy atom. The van der Waals surface area contributed by atoms with E-state index in [0.717, 1.165) is 21.4 Å². The minimum atomic E-state index is 0.659. The number of hydrogen-bond donors (Lipinski definition) is 1. The standard InChI is InChI=1S/C15H13BrN2/c1-10-6-7-13(8-14(10)16)18-15-11(2)4-3-5-12(15)9-17/h3-8,18H,1-2H3. The van der Waals surface area contributed by atoms with Crippen molar-refractivity contribution in [2.24, 2.45) is 0 Å². The second kappa shape index (κ2) is 5.24. The maximum atomic E-state index is 9.12. The van der Waals surface area contributed by atoms with Crippen LogP contribution in [0.5, 0.6) is 0 Å². The van der Waals surface area contributed by atoms with Gasteiger partial charge in [-0.25, -0.2) is 0 Å². The third-order valence-electron chi connectivity index (χ3n) is 2.83. The normalized spacial score (nSPS) is 9.89. The topological polar surface area (TPSA) is 35.8 Å². The summed E-state index contributed by atoms with van der Waals surface area (Å²) in [5.41, 5.74) is 4.75. The molecule has 0 atom stereocenters. The highest BCUT2D eigenvalue weighted by Gasteiger charge is 2.06. The van der Waals surface area contributed by atoms with Crippen LogP contribution in [0.4, 0.5) is 11.4 Å². The van der Waals surface area contributed by atoms with Crippen LogP contribution in [0.1, 0.15) is 16.7 Å². The molecule has 0 radical (unpaired) electrons. The zero-order valence-corrected chi connectivity index (χ0v) is 11.9. The molecule has 0 heterocycles. The van der Waals surface area contributed by atoms with Crippen molar-refractivity contribution in [2.45, 2.75) is 13.8 Å². The van der Waals surface area contributed by atoms with Gasteiger partial charge >= 0.3 is 0 Å². The van der Waals surface area contributed by atoms with Crippen LogP contribution >= 0.6 is 15.9 Å². The van der Waals surface area contributed by atoms with Crippen molar-refractivity contribution in [1.82, 2.24) is 0 Å². The molecule has 0 saturated heterocycles. The molecule has 0 unspecified atom stereocenters. The highest BCUT2D eigenvalue weighted by atomic mass is 79.9. The van der Waals surface area contributed by atoms with Gasteiger partial charge in [-0.1, -0.05) is 34.1 Å². The van der Waals surface area contributed by atoms with E-state index in [1.54, 1.807) is 0 Å². The molecule has 0 saturated carbocycles. The fraction of sp³-hybridized carbons (Fsp3) is 0.133. The van der Waals surface area contributed by atoms with Gasteiger partial charge in [0.15, 0.2) is 0 Å². The maximum absolute atomic E-state index is 9.12. The largest absolute Gasteiger partial charge is 0.354 e. The van der Waals surface area contributed by atoms with E-state index in [4.69, 9.17) is 5.26 Å². The highest BCUT2D eigenvalue weighted by molar-refractivity contribution is 9.10. The summed E-state index contributed by atoms with van der Waals surface area (Å²) < 4.78 is 1.06. The van der Waals surface area contributed by atoms with E-state index in [0.29, 0.717) is 5.56 Å². The number of benzene rings is 2. The van der Waals surface area contributed by atoms with Crippen molar-refractivity contribution in [2.75, 3.05) is 5.32 Å². The van der Waals surface area contributed by atoms with E-state index in [1.165, 1.54) is 5.56 Å². The zero-order valence-electron chi connectivity index (χ0n) is 10.3. The fourth-order valence-corrected chi connectivity index (χ4v) is 2.12. The number of para-hydroxylation sites is 1. The molecule has 2 aromatic rings. The number of rotatable bonds is 2. The van der Waals surface area contributed by atoms with E-state index >= 15 is 0 Å². The number of hydrogen-bond acceptors (Lipinski definition) is 2. The van der Waals surface area contributed by atoms with E-state index in [1.807, 2.05) is 50.2 Å². The van der Waals surface area contributed by atoms with Crippen molar-refractivity contribution >= 4 is 27.3 Å². The molecule has 0 fully saturated rings. The molecule has 2 aromatic carbocycles. The van der Waals surface area contributed by atoms with Gasteiger partial charge in [0.1, 0.15) is 6.07 Å². The molecule has 18 heavy (non-hydrogen) atoms. The van der Waals surface area contributed by atoms with Gasteiger partial charge in [-0.3, -0.25) is 0 Å². The number of aryl methyl sites for hydroxylation is 2. The predicted molar refractivity (Wildman–Crippen MR) is 78.1 cm³/mol. The van der Waals surface area contributed by atoms with Gasteiger partial charge in [-0.05, 0) is 43.2 Å². The Kier molecular flexibility index (Phi) is 3.69. The van der Waals surface area contributed by atoms with E-state index < -0.39 is 0 Å². The Labute approximate surface area is 115 Å². The minimum Gasteiger partial charge on any atom is -0.354 e. The van der Waals surface area contributed by atoms with Crippen molar-refractivity contribution in [3.8, 4) is 6.07 Å².